The van der Waals surface area contributed by atoms with Crippen LogP contribution in [0.5, 0.6) is 17.2 Å². The van der Waals surface area contributed by atoms with Gasteiger partial charge in [0.2, 0.25) is 6.23 Å². The van der Waals surface area contributed by atoms with Gasteiger partial charge in [0.1, 0.15) is 36.0 Å². The van der Waals surface area contributed by atoms with Gasteiger partial charge in [-0.2, -0.15) is 5.10 Å². The van der Waals surface area contributed by atoms with E-state index in [1.807, 2.05) is 44.2 Å². The molecule has 0 saturated carbocycles. The number of rotatable bonds is 8. The van der Waals surface area contributed by atoms with Crippen LogP contribution in [0.1, 0.15) is 20.1 Å². The molecule has 2 aromatic carbocycles. The van der Waals surface area contributed by atoms with Crippen molar-refractivity contribution in [3.8, 4) is 17.2 Å². The maximum atomic E-state index is 10.8. The predicted molar refractivity (Wildman–Crippen MR) is 103 cm³/mol. The maximum absolute atomic E-state index is 10.8. The number of benzene rings is 2. The monoisotopic (exact) mass is 387 g/mol. The number of halogens is 1. The third-order valence-corrected chi connectivity index (χ3v) is 4.86. The summed E-state index contributed by atoms with van der Waals surface area (Å²) in [4.78, 5) is 3.94. The van der Waals surface area contributed by atoms with E-state index in [0.717, 1.165) is 5.75 Å². The van der Waals surface area contributed by atoms with E-state index in [1.54, 1.807) is 24.3 Å². The number of nitrogens with zero attached hydrogens (tertiary/aromatic N) is 3. The Morgan fingerprint density at radius 3 is 2.26 bits per heavy atom. The average Bonchev–Trinajstić information content (AvgIpc) is 3.22. The Kier molecular flexibility index (Phi) is 5.98. The van der Waals surface area contributed by atoms with Crippen LogP contribution in [-0.2, 0) is 0 Å². The summed E-state index contributed by atoms with van der Waals surface area (Å²) in [6, 6.07) is 16.7. The third-order valence-electron chi connectivity index (χ3n) is 4.17. The highest BCUT2D eigenvalue weighted by Gasteiger charge is 2.37. The van der Waals surface area contributed by atoms with Crippen molar-refractivity contribution in [3.63, 3.8) is 0 Å². The number of aliphatic hydroxyl groups is 1. The van der Waals surface area contributed by atoms with E-state index in [9.17, 15) is 5.11 Å². The Morgan fingerprint density at radius 1 is 1.04 bits per heavy atom. The van der Waals surface area contributed by atoms with Gasteiger partial charge in [-0.05, 0) is 36.4 Å². The van der Waals surface area contributed by atoms with Gasteiger partial charge in [-0.3, -0.25) is 0 Å². The molecule has 2 unspecified atom stereocenters. The molecule has 0 radical (unpaired) electrons. The molecule has 7 heteroatoms. The van der Waals surface area contributed by atoms with Crippen molar-refractivity contribution < 1.29 is 14.6 Å². The summed E-state index contributed by atoms with van der Waals surface area (Å²) >= 11 is 6.02. The van der Waals surface area contributed by atoms with Crippen molar-refractivity contribution in [2.45, 2.75) is 26.2 Å². The Morgan fingerprint density at radius 2 is 1.67 bits per heavy atom. The van der Waals surface area contributed by atoms with Crippen LogP contribution in [0.3, 0.4) is 0 Å². The smallest absolute Gasteiger partial charge is 0.219 e. The molecule has 3 rings (SSSR count). The van der Waals surface area contributed by atoms with Gasteiger partial charge in [-0.25, -0.2) is 9.67 Å². The van der Waals surface area contributed by atoms with Crippen LogP contribution < -0.4 is 9.47 Å². The van der Waals surface area contributed by atoms with E-state index < -0.39 is 17.7 Å². The number of alkyl halides is 1. The minimum Gasteiger partial charge on any atom is -0.466 e. The number of ether oxygens (including phenoxy) is 2. The van der Waals surface area contributed by atoms with Gasteiger partial charge in [-0.15, -0.1) is 11.6 Å². The van der Waals surface area contributed by atoms with Crippen LogP contribution in [0.2, 0.25) is 0 Å². The predicted octanol–water partition coefficient (Wildman–Crippen LogP) is 4.27. The largest absolute Gasteiger partial charge is 0.466 e. The lowest BCUT2D eigenvalue weighted by Crippen LogP contribution is -2.41. The second kappa shape index (κ2) is 8.41. The van der Waals surface area contributed by atoms with Gasteiger partial charge in [-0.1, -0.05) is 32.0 Å². The van der Waals surface area contributed by atoms with Crippen molar-refractivity contribution in [1.82, 2.24) is 14.8 Å². The fourth-order valence-electron chi connectivity index (χ4n) is 2.43. The van der Waals surface area contributed by atoms with Crippen LogP contribution in [0.25, 0.3) is 0 Å². The first-order valence-corrected chi connectivity index (χ1v) is 9.11. The summed E-state index contributed by atoms with van der Waals surface area (Å²) in [6.07, 6.45) is 1.25. The number of hydrogen-bond acceptors (Lipinski definition) is 5. The van der Waals surface area contributed by atoms with Crippen molar-refractivity contribution in [2.24, 2.45) is 5.41 Å². The van der Waals surface area contributed by atoms with E-state index in [1.165, 1.54) is 17.3 Å². The fraction of sp³-hybridized carbons (Fsp3) is 0.300. The van der Waals surface area contributed by atoms with E-state index >= 15 is 0 Å². The van der Waals surface area contributed by atoms with Gasteiger partial charge in [0.25, 0.3) is 0 Å². The van der Waals surface area contributed by atoms with Crippen molar-refractivity contribution in [3.05, 3.63) is 67.3 Å². The van der Waals surface area contributed by atoms with Crippen molar-refractivity contribution in [1.29, 1.82) is 0 Å². The summed E-state index contributed by atoms with van der Waals surface area (Å²) in [5.74, 6) is 2.28. The Labute approximate surface area is 163 Å². The molecule has 142 valence electrons. The van der Waals surface area contributed by atoms with E-state index in [2.05, 4.69) is 10.1 Å². The molecule has 0 fully saturated rings. The van der Waals surface area contributed by atoms with Gasteiger partial charge in [0.05, 0.1) is 0 Å². The Bertz CT molecular complexity index is 823. The maximum Gasteiger partial charge on any atom is 0.219 e. The topological polar surface area (TPSA) is 69.4 Å². The Balaban J connectivity index is 1.76. The number of hydrogen-bond donors (Lipinski definition) is 1. The molecule has 0 aliphatic heterocycles. The molecule has 0 aliphatic rings. The first kappa shape index (κ1) is 19.2. The lowest BCUT2D eigenvalue weighted by atomic mass is 9.87. The zero-order valence-corrected chi connectivity index (χ0v) is 16.0. The second-order valence-electron chi connectivity index (χ2n) is 6.84. The molecule has 1 heterocycles. The van der Waals surface area contributed by atoms with Crippen LogP contribution in [0.4, 0.5) is 0 Å². The molecule has 3 aromatic rings. The lowest BCUT2D eigenvalue weighted by Gasteiger charge is -2.34. The zero-order valence-electron chi connectivity index (χ0n) is 15.2. The summed E-state index contributed by atoms with van der Waals surface area (Å²) in [5.41, 5.74) is -0.575. The molecule has 0 spiro atoms. The minimum atomic E-state index is -0.892. The molecule has 0 bridgehead atoms. The molecular formula is C20H22ClN3O3. The highest BCUT2D eigenvalue weighted by molar-refractivity contribution is 6.18. The molecule has 1 aromatic heterocycles. The van der Waals surface area contributed by atoms with Crippen LogP contribution >= 0.6 is 11.6 Å². The molecule has 27 heavy (non-hydrogen) atoms. The molecule has 0 saturated heterocycles. The summed E-state index contributed by atoms with van der Waals surface area (Å²) in [5, 5.41) is 14.9. The summed E-state index contributed by atoms with van der Waals surface area (Å²) < 4.78 is 13.3. The SMILES string of the molecule is CC(C)(CCl)C(O)C(Oc1ccc(Oc2ccccc2)cc1)n1cncn1. The van der Waals surface area contributed by atoms with Crippen molar-refractivity contribution in [2.75, 3.05) is 5.88 Å². The normalized spacial score (nSPS) is 13.8. The quantitative estimate of drug-likeness (QED) is 0.584. The Hall–Kier alpha value is -2.57. The molecular weight excluding hydrogens is 366 g/mol. The second-order valence-corrected chi connectivity index (χ2v) is 7.10. The minimum absolute atomic E-state index is 0.270. The van der Waals surface area contributed by atoms with Crippen LogP contribution in [-0.4, -0.2) is 31.9 Å². The van der Waals surface area contributed by atoms with Gasteiger partial charge in [0, 0.05) is 11.3 Å². The average molecular weight is 388 g/mol. The van der Waals surface area contributed by atoms with Crippen LogP contribution in [0, 0.1) is 5.41 Å². The first-order chi connectivity index (χ1) is 13.0. The number of para-hydroxylation sites is 1. The van der Waals surface area contributed by atoms with E-state index in [4.69, 9.17) is 21.1 Å². The van der Waals surface area contributed by atoms with Gasteiger partial charge < -0.3 is 14.6 Å². The fourth-order valence-corrected chi connectivity index (χ4v) is 2.59. The van der Waals surface area contributed by atoms with E-state index in [-0.39, 0.29) is 5.88 Å². The van der Waals surface area contributed by atoms with Crippen LogP contribution in [0.15, 0.2) is 67.3 Å². The zero-order chi connectivity index (χ0) is 19.3. The highest BCUT2D eigenvalue weighted by Crippen LogP contribution is 2.32. The summed E-state index contributed by atoms with van der Waals surface area (Å²) in [6.45, 7) is 3.74. The third kappa shape index (κ3) is 4.78. The van der Waals surface area contributed by atoms with Gasteiger partial charge in [0.15, 0.2) is 0 Å². The number of aliphatic hydroxyl groups excluding tert-OH is 1. The van der Waals surface area contributed by atoms with Gasteiger partial charge >= 0.3 is 0 Å². The molecule has 2 atom stereocenters. The molecule has 0 amide bonds. The first-order valence-electron chi connectivity index (χ1n) is 8.57. The lowest BCUT2D eigenvalue weighted by molar-refractivity contribution is -0.0718. The van der Waals surface area contributed by atoms with Crippen molar-refractivity contribution >= 4 is 11.6 Å². The van der Waals surface area contributed by atoms with E-state index in [0.29, 0.717) is 11.5 Å². The summed E-state index contributed by atoms with van der Waals surface area (Å²) in [7, 11) is 0. The number of aromatic nitrogens is 3. The highest BCUT2D eigenvalue weighted by atomic mass is 35.5. The standard InChI is InChI=1S/C20H22ClN3O3/c1-20(2,12-21)18(25)19(24-14-22-13-23-24)27-17-10-8-16(9-11-17)26-15-6-4-3-5-7-15/h3-11,13-14,18-19,25H,12H2,1-2H3. The molecule has 1 N–H and O–H groups in total. The molecule has 0 aliphatic carbocycles. The molecule has 6 nitrogen and oxygen atoms in total.